The lowest BCUT2D eigenvalue weighted by Crippen LogP contribution is -2.32. The molecule has 1 aliphatic rings. The number of phenolic OH excluding ortho intramolecular Hbond substituents is 1. The van der Waals surface area contributed by atoms with E-state index in [1.807, 2.05) is 0 Å². The topological polar surface area (TPSA) is 102 Å². The lowest BCUT2D eigenvalue weighted by atomic mass is 10.0. The Morgan fingerprint density at radius 1 is 1.41 bits per heavy atom. The zero-order valence-electron chi connectivity index (χ0n) is 9.05. The van der Waals surface area contributed by atoms with Gasteiger partial charge in [-0.3, -0.25) is 4.79 Å². The summed E-state index contributed by atoms with van der Waals surface area (Å²) in [4.78, 5) is 10.7. The molecular formula is C11H13NO5. The van der Waals surface area contributed by atoms with Gasteiger partial charge < -0.3 is 25.4 Å². The van der Waals surface area contributed by atoms with E-state index in [9.17, 15) is 9.90 Å². The van der Waals surface area contributed by atoms with Crippen molar-refractivity contribution in [2.75, 3.05) is 13.2 Å². The molecule has 92 valence electrons. The second kappa shape index (κ2) is 4.50. The van der Waals surface area contributed by atoms with Crippen molar-refractivity contribution in [3.05, 3.63) is 17.7 Å². The summed E-state index contributed by atoms with van der Waals surface area (Å²) >= 11 is 0. The predicted molar refractivity (Wildman–Crippen MR) is 58.4 cm³/mol. The van der Waals surface area contributed by atoms with Gasteiger partial charge in [0.1, 0.15) is 25.0 Å². The van der Waals surface area contributed by atoms with E-state index < -0.39 is 12.0 Å². The summed E-state index contributed by atoms with van der Waals surface area (Å²) in [5, 5.41) is 18.3. The number of rotatable bonds is 3. The first-order valence-electron chi connectivity index (χ1n) is 5.18. The second-order valence-electron chi connectivity index (χ2n) is 3.78. The number of hydrogen-bond donors (Lipinski definition) is 3. The maximum atomic E-state index is 10.7. The van der Waals surface area contributed by atoms with Crippen molar-refractivity contribution in [3.63, 3.8) is 0 Å². The number of aliphatic carboxylic acids is 1. The third-order valence-corrected chi connectivity index (χ3v) is 2.46. The molecule has 0 saturated carbocycles. The molecule has 2 rings (SSSR count). The summed E-state index contributed by atoms with van der Waals surface area (Å²) in [5.74, 6) is -0.213. The highest BCUT2D eigenvalue weighted by molar-refractivity contribution is 5.74. The molecule has 0 aliphatic carbocycles. The molecule has 0 fully saturated rings. The highest BCUT2D eigenvalue weighted by atomic mass is 16.6. The van der Waals surface area contributed by atoms with Gasteiger partial charge in [-0.05, 0) is 6.07 Å². The Bertz CT molecular complexity index is 446. The molecule has 6 heteroatoms. The van der Waals surface area contributed by atoms with Gasteiger partial charge in [0.15, 0.2) is 11.5 Å². The van der Waals surface area contributed by atoms with Crippen LogP contribution in [0.3, 0.4) is 0 Å². The van der Waals surface area contributed by atoms with Crippen LogP contribution in [0, 0.1) is 0 Å². The van der Waals surface area contributed by atoms with Gasteiger partial charge in [0.25, 0.3) is 0 Å². The quantitative estimate of drug-likeness (QED) is 0.692. The van der Waals surface area contributed by atoms with Crippen LogP contribution in [-0.4, -0.2) is 35.4 Å². The van der Waals surface area contributed by atoms with Crippen molar-refractivity contribution in [1.82, 2.24) is 0 Å². The fourth-order valence-electron chi connectivity index (χ4n) is 1.69. The number of carboxylic acids is 1. The van der Waals surface area contributed by atoms with E-state index in [0.29, 0.717) is 30.3 Å². The monoisotopic (exact) mass is 239 g/mol. The standard InChI is InChI=1S/C11H13NO5/c12-8(11(14)15)4-6-3-7(13)5-9-10(6)17-2-1-16-9/h3,5,8,13H,1-2,4,12H2,(H,14,15). The van der Waals surface area contributed by atoms with E-state index in [-0.39, 0.29) is 12.2 Å². The minimum atomic E-state index is -1.10. The van der Waals surface area contributed by atoms with Crippen LogP contribution in [0.4, 0.5) is 0 Å². The van der Waals surface area contributed by atoms with Crippen LogP contribution in [0.2, 0.25) is 0 Å². The molecule has 0 saturated heterocycles. The number of benzene rings is 1. The van der Waals surface area contributed by atoms with Crippen LogP contribution < -0.4 is 15.2 Å². The van der Waals surface area contributed by atoms with Crippen LogP contribution in [-0.2, 0) is 11.2 Å². The fourth-order valence-corrected chi connectivity index (χ4v) is 1.69. The molecule has 0 bridgehead atoms. The molecule has 1 aliphatic heterocycles. The fraction of sp³-hybridized carbons (Fsp3) is 0.364. The van der Waals surface area contributed by atoms with Gasteiger partial charge in [0.05, 0.1) is 0 Å². The van der Waals surface area contributed by atoms with Gasteiger partial charge in [-0.15, -0.1) is 0 Å². The molecule has 0 amide bonds. The molecule has 4 N–H and O–H groups in total. The SMILES string of the molecule is NC(Cc1cc(O)cc2c1OCCO2)C(=O)O. The third-order valence-electron chi connectivity index (χ3n) is 2.46. The minimum absolute atomic E-state index is 0.00170. The number of ether oxygens (including phenoxy) is 2. The Hall–Kier alpha value is -1.95. The van der Waals surface area contributed by atoms with Crippen molar-refractivity contribution in [2.24, 2.45) is 5.73 Å². The summed E-state index contributed by atoms with van der Waals surface area (Å²) in [6.07, 6.45) is 0.0788. The van der Waals surface area contributed by atoms with Crippen LogP contribution in [0.15, 0.2) is 12.1 Å². The first kappa shape index (κ1) is 11.5. The number of phenols is 1. The first-order chi connectivity index (χ1) is 8.08. The van der Waals surface area contributed by atoms with Crippen LogP contribution in [0.5, 0.6) is 17.2 Å². The number of carbonyl (C=O) groups is 1. The number of hydrogen-bond acceptors (Lipinski definition) is 5. The minimum Gasteiger partial charge on any atom is -0.508 e. The number of fused-ring (bicyclic) bond motifs is 1. The number of nitrogens with two attached hydrogens (primary N) is 1. The van der Waals surface area contributed by atoms with Crippen molar-refractivity contribution in [3.8, 4) is 17.2 Å². The Morgan fingerprint density at radius 2 is 2.12 bits per heavy atom. The molecule has 0 aromatic heterocycles. The molecule has 1 heterocycles. The zero-order chi connectivity index (χ0) is 12.4. The molecule has 1 unspecified atom stereocenters. The van der Waals surface area contributed by atoms with E-state index in [2.05, 4.69) is 0 Å². The molecule has 0 radical (unpaired) electrons. The third kappa shape index (κ3) is 2.42. The van der Waals surface area contributed by atoms with E-state index in [4.69, 9.17) is 20.3 Å². The van der Waals surface area contributed by atoms with E-state index in [0.717, 1.165) is 0 Å². The summed E-state index contributed by atoms with van der Waals surface area (Å²) in [6.45, 7) is 0.800. The molecular weight excluding hydrogens is 226 g/mol. The Kier molecular flexibility index (Phi) is 3.06. The van der Waals surface area contributed by atoms with Gasteiger partial charge in [0, 0.05) is 18.1 Å². The van der Waals surface area contributed by atoms with Crippen molar-refractivity contribution >= 4 is 5.97 Å². The van der Waals surface area contributed by atoms with Gasteiger partial charge in [-0.2, -0.15) is 0 Å². The second-order valence-corrected chi connectivity index (χ2v) is 3.78. The molecule has 6 nitrogen and oxygen atoms in total. The van der Waals surface area contributed by atoms with Crippen molar-refractivity contribution in [2.45, 2.75) is 12.5 Å². The average molecular weight is 239 g/mol. The van der Waals surface area contributed by atoms with Crippen molar-refractivity contribution < 1.29 is 24.5 Å². The highest BCUT2D eigenvalue weighted by Crippen LogP contribution is 2.37. The van der Waals surface area contributed by atoms with Gasteiger partial charge in [-0.25, -0.2) is 0 Å². The van der Waals surface area contributed by atoms with Gasteiger partial charge in [0.2, 0.25) is 0 Å². The molecule has 17 heavy (non-hydrogen) atoms. The Balaban J connectivity index is 2.32. The largest absolute Gasteiger partial charge is 0.508 e. The highest BCUT2D eigenvalue weighted by Gasteiger charge is 2.21. The van der Waals surface area contributed by atoms with E-state index >= 15 is 0 Å². The summed E-state index contributed by atoms with van der Waals surface area (Å²) in [7, 11) is 0. The zero-order valence-corrected chi connectivity index (χ0v) is 9.05. The van der Waals surface area contributed by atoms with E-state index in [1.165, 1.54) is 12.1 Å². The molecule has 1 aromatic rings. The Labute approximate surface area is 97.6 Å². The molecule has 1 atom stereocenters. The van der Waals surface area contributed by atoms with Crippen LogP contribution in [0.25, 0.3) is 0 Å². The molecule has 1 aromatic carbocycles. The maximum absolute atomic E-state index is 10.7. The number of carboxylic acid groups (broad SMARTS) is 1. The average Bonchev–Trinajstić information content (AvgIpc) is 2.28. The lowest BCUT2D eigenvalue weighted by molar-refractivity contribution is -0.138. The molecule has 0 spiro atoms. The van der Waals surface area contributed by atoms with Gasteiger partial charge >= 0.3 is 5.97 Å². The summed E-state index contributed by atoms with van der Waals surface area (Å²) < 4.78 is 10.7. The first-order valence-corrected chi connectivity index (χ1v) is 5.18. The smallest absolute Gasteiger partial charge is 0.320 e. The van der Waals surface area contributed by atoms with Crippen LogP contribution in [0.1, 0.15) is 5.56 Å². The normalized spacial score (nSPS) is 15.4. The van der Waals surface area contributed by atoms with Crippen molar-refractivity contribution in [1.29, 1.82) is 0 Å². The predicted octanol–water partition coefficient (Wildman–Crippen LogP) is 0.118. The van der Waals surface area contributed by atoms with Crippen LogP contribution >= 0.6 is 0 Å². The maximum Gasteiger partial charge on any atom is 0.320 e. The Morgan fingerprint density at radius 3 is 2.82 bits per heavy atom. The summed E-state index contributed by atoms with van der Waals surface area (Å²) in [5.41, 5.74) is 5.99. The summed E-state index contributed by atoms with van der Waals surface area (Å²) in [6, 6.07) is 1.84. The lowest BCUT2D eigenvalue weighted by Gasteiger charge is -2.22. The van der Waals surface area contributed by atoms with E-state index in [1.54, 1.807) is 0 Å². The number of aromatic hydroxyl groups is 1. The van der Waals surface area contributed by atoms with Gasteiger partial charge in [-0.1, -0.05) is 0 Å².